The van der Waals surface area contributed by atoms with Crippen LogP contribution in [0.1, 0.15) is 10.4 Å². The number of hydrogen-bond acceptors (Lipinski definition) is 6. The van der Waals surface area contributed by atoms with Crippen LogP contribution in [0, 0.1) is 11.3 Å². The lowest BCUT2D eigenvalue weighted by Gasteiger charge is -2.24. The zero-order chi connectivity index (χ0) is 18.0. The van der Waals surface area contributed by atoms with Gasteiger partial charge in [-0.05, 0) is 18.2 Å². The Morgan fingerprint density at radius 3 is 3.00 bits per heavy atom. The van der Waals surface area contributed by atoms with Crippen LogP contribution in [0.2, 0.25) is 5.02 Å². The second-order valence-electron chi connectivity index (χ2n) is 6.32. The number of rotatable bonds is 5. The largest absolute Gasteiger partial charge is 0.491 e. The van der Waals surface area contributed by atoms with E-state index in [0.717, 1.165) is 0 Å². The molecule has 3 rings (SSSR count). The number of halogens is 1. The third kappa shape index (κ3) is 3.19. The molecule has 25 heavy (non-hydrogen) atoms. The van der Waals surface area contributed by atoms with E-state index in [1.807, 2.05) is 0 Å². The molecule has 7 nitrogen and oxygen atoms in total. The molecule has 2 fully saturated rings. The van der Waals surface area contributed by atoms with Gasteiger partial charge < -0.3 is 24.8 Å². The number of benzene rings is 1. The van der Waals surface area contributed by atoms with Crippen molar-refractivity contribution in [3.8, 4) is 5.75 Å². The van der Waals surface area contributed by atoms with Crippen LogP contribution in [0.15, 0.2) is 18.2 Å². The molecule has 0 unspecified atom stereocenters. The van der Waals surface area contributed by atoms with Gasteiger partial charge in [0.1, 0.15) is 17.8 Å². The number of hydrogen-bond donors (Lipinski definition) is 1. The lowest BCUT2D eigenvalue weighted by molar-refractivity contribution is -0.153. The Morgan fingerprint density at radius 1 is 1.48 bits per heavy atom. The molecule has 0 aromatic heterocycles. The Hall–Kier alpha value is -1.83. The number of nitrogens with two attached hydrogens (primary N) is 1. The smallest absolute Gasteiger partial charge is 0.316 e. The highest BCUT2D eigenvalue weighted by molar-refractivity contribution is 6.31. The fraction of sp³-hybridized carbons (Fsp3) is 0.529. The van der Waals surface area contributed by atoms with Crippen molar-refractivity contribution in [1.29, 1.82) is 0 Å². The summed E-state index contributed by atoms with van der Waals surface area (Å²) in [6, 6.07) is 4.89. The van der Waals surface area contributed by atoms with Crippen molar-refractivity contribution in [3.05, 3.63) is 28.8 Å². The molecule has 0 radical (unpaired) electrons. The number of methoxy groups -OCH3 is 1. The van der Waals surface area contributed by atoms with E-state index in [1.54, 1.807) is 23.1 Å². The summed E-state index contributed by atoms with van der Waals surface area (Å²) in [5.41, 5.74) is 5.04. The highest BCUT2D eigenvalue weighted by Crippen LogP contribution is 2.43. The van der Waals surface area contributed by atoms with Crippen LogP contribution >= 0.6 is 11.6 Å². The highest BCUT2D eigenvalue weighted by atomic mass is 35.5. The molecule has 0 bridgehead atoms. The molecule has 1 aromatic carbocycles. The van der Waals surface area contributed by atoms with E-state index in [2.05, 4.69) is 0 Å². The Labute approximate surface area is 151 Å². The van der Waals surface area contributed by atoms with Gasteiger partial charge in [0.2, 0.25) is 0 Å². The van der Waals surface area contributed by atoms with Gasteiger partial charge >= 0.3 is 5.97 Å². The maximum Gasteiger partial charge on any atom is 0.316 e. The minimum absolute atomic E-state index is 0.0727. The maximum atomic E-state index is 13.0. The number of esters is 1. The Bertz CT molecular complexity index is 683. The van der Waals surface area contributed by atoms with Crippen molar-refractivity contribution < 1.29 is 23.8 Å². The van der Waals surface area contributed by atoms with Gasteiger partial charge in [-0.1, -0.05) is 11.6 Å². The minimum atomic E-state index is -0.790. The van der Waals surface area contributed by atoms with Crippen LogP contribution in [-0.4, -0.2) is 63.3 Å². The first kappa shape index (κ1) is 18.0. The third-order valence-electron chi connectivity index (χ3n) is 4.80. The summed E-state index contributed by atoms with van der Waals surface area (Å²) in [4.78, 5) is 27.0. The van der Waals surface area contributed by atoms with Gasteiger partial charge in [-0.3, -0.25) is 9.59 Å². The van der Waals surface area contributed by atoms with Gasteiger partial charge in [0.25, 0.3) is 5.91 Å². The van der Waals surface area contributed by atoms with Gasteiger partial charge in [-0.25, -0.2) is 0 Å². The number of ether oxygens (including phenoxy) is 3. The van der Waals surface area contributed by atoms with Crippen molar-refractivity contribution >= 4 is 23.5 Å². The predicted octanol–water partition coefficient (Wildman–Crippen LogP) is 0.939. The topological polar surface area (TPSA) is 91.1 Å². The molecule has 0 spiro atoms. The summed E-state index contributed by atoms with van der Waals surface area (Å²) in [5.74, 6) is -0.208. The molecule has 1 aromatic rings. The van der Waals surface area contributed by atoms with E-state index in [4.69, 9.17) is 31.5 Å². The quantitative estimate of drug-likeness (QED) is 0.778. The number of likely N-dealkylation sites (tertiary alicyclic amines) is 1. The van der Waals surface area contributed by atoms with Crippen molar-refractivity contribution in [1.82, 2.24) is 4.90 Å². The van der Waals surface area contributed by atoms with Crippen molar-refractivity contribution in [2.24, 2.45) is 17.1 Å². The average molecular weight is 369 g/mol. The van der Waals surface area contributed by atoms with E-state index >= 15 is 0 Å². The zero-order valence-corrected chi connectivity index (χ0v) is 14.8. The SMILES string of the molecule is COC(=O)[C@@]12COC[C@@H]1CN(C(=O)c1cc(Cl)ccc1OCCN)C2. The standard InChI is InChI=1S/C17H21ClN2O5/c1-23-16(22)17-9-20(7-11(17)8-24-10-17)15(21)13-6-12(18)2-3-14(13)25-5-4-19/h2-3,6,11H,4-5,7-10,19H2,1H3/t11-,17-/m0/s1. The van der Waals surface area contributed by atoms with E-state index in [1.165, 1.54) is 7.11 Å². The Morgan fingerprint density at radius 2 is 2.28 bits per heavy atom. The molecule has 2 atom stereocenters. The van der Waals surface area contributed by atoms with E-state index in [0.29, 0.717) is 42.6 Å². The monoisotopic (exact) mass is 368 g/mol. The van der Waals surface area contributed by atoms with Crippen molar-refractivity contribution in [2.45, 2.75) is 0 Å². The first-order valence-electron chi connectivity index (χ1n) is 8.09. The molecule has 1 amide bonds. The molecule has 2 heterocycles. The number of fused-ring (bicyclic) bond motifs is 1. The van der Waals surface area contributed by atoms with Gasteiger partial charge in [0, 0.05) is 30.6 Å². The lowest BCUT2D eigenvalue weighted by atomic mass is 9.81. The van der Waals surface area contributed by atoms with Gasteiger partial charge in [-0.15, -0.1) is 0 Å². The van der Waals surface area contributed by atoms with Crippen LogP contribution in [0.4, 0.5) is 0 Å². The van der Waals surface area contributed by atoms with Gasteiger partial charge in [0.05, 0.1) is 25.9 Å². The summed E-state index contributed by atoms with van der Waals surface area (Å²) in [6.45, 7) is 2.02. The molecule has 2 N–H and O–H groups in total. The molecular formula is C17H21ClN2O5. The summed E-state index contributed by atoms with van der Waals surface area (Å²) in [5, 5.41) is 0.439. The summed E-state index contributed by atoms with van der Waals surface area (Å²) in [7, 11) is 1.35. The first-order chi connectivity index (χ1) is 12.0. The highest BCUT2D eigenvalue weighted by Gasteiger charge is 2.57. The van der Waals surface area contributed by atoms with E-state index < -0.39 is 5.41 Å². The van der Waals surface area contributed by atoms with E-state index in [9.17, 15) is 9.59 Å². The summed E-state index contributed by atoms with van der Waals surface area (Å²) >= 11 is 6.05. The first-order valence-corrected chi connectivity index (χ1v) is 8.47. The second kappa shape index (κ2) is 7.19. The van der Waals surface area contributed by atoms with Crippen molar-refractivity contribution in [3.63, 3.8) is 0 Å². The molecular weight excluding hydrogens is 348 g/mol. The van der Waals surface area contributed by atoms with Crippen LogP contribution in [0.25, 0.3) is 0 Å². The fourth-order valence-corrected chi connectivity index (χ4v) is 3.69. The molecule has 2 saturated heterocycles. The summed E-state index contributed by atoms with van der Waals surface area (Å²) < 4.78 is 16.0. The number of amides is 1. The zero-order valence-electron chi connectivity index (χ0n) is 14.0. The lowest BCUT2D eigenvalue weighted by Crippen LogP contribution is -2.41. The molecule has 0 aliphatic carbocycles. The van der Waals surface area contributed by atoms with Crippen LogP contribution in [-0.2, 0) is 14.3 Å². The van der Waals surface area contributed by atoms with E-state index in [-0.39, 0.29) is 30.9 Å². The normalized spacial score (nSPS) is 24.9. The molecule has 2 aliphatic rings. The predicted molar refractivity (Wildman–Crippen MR) is 90.7 cm³/mol. The van der Waals surface area contributed by atoms with Crippen molar-refractivity contribution in [2.75, 3.05) is 46.6 Å². The number of nitrogens with zero attached hydrogens (tertiary/aromatic N) is 1. The Kier molecular flexibility index (Phi) is 5.17. The molecule has 136 valence electrons. The van der Waals surface area contributed by atoms with Gasteiger partial charge in [0.15, 0.2) is 0 Å². The molecule has 2 aliphatic heterocycles. The van der Waals surface area contributed by atoms with Crippen LogP contribution in [0.3, 0.4) is 0 Å². The van der Waals surface area contributed by atoms with Gasteiger partial charge in [-0.2, -0.15) is 0 Å². The molecule has 0 saturated carbocycles. The average Bonchev–Trinajstić information content (AvgIpc) is 3.17. The number of carbonyl (C=O) groups is 2. The summed E-state index contributed by atoms with van der Waals surface area (Å²) in [6.07, 6.45) is 0. The molecule has 8 heteroatoms. The van der Waals surface area contributed by atoms with Crippen LogP contribution < -0.4 is 10.5 Å². The maximum absolute atomic E-state index is 13.0. The second-order valence-corrected chi connectivity index (χ2v) is 6.76. The third-order valence-corrected chi connectivity index (χ3v) is 5.04. The Balaban J connectivity index is 1.85. The van der Waals surface area contributed by atoms with Crippen LogP contribution in [0.5, 0.6) is 5.75 Å². The minimum Gasteiger partial charge on any atom is -0.491 e. The fourth-order valence-electron chi connectivity index (χ4n) is 3.52. The number of carbonyl (C=O) groups excluding carboxylic acids is 2.